The molecule has 1 unspecified atom stereocenters. The zero-order valence-corrected chi connectivity index (χ0v) is 13.2. The molecule has 0 aliphatic carbocycles. The van der Waals surface area contributed by atoms with Crippen LogP contribution in [-0.2, 0) is 11.3 Å². The van der Waals surface area contributed by atoms with E-state index >= 15 is 0 Å². The second-order valence-electron chi connectivity index (χ2n) is 5.48. The number of amides is 1. The summed E-state index contributed by atoms with van der Waals surface area (Å²) in [6, 6.07) is 9.73. The van der Waals surface area contributed by atoms with Crippen LogP contribution in [0.5, 0.6) is 0 Å². The standard InChI is InChI=1S/C17H21N5O/c1-2-15(21-12-6-10-19-21)17(23)18-9-5-11-22-16-8-4-3-7-14(16)13-20-22/h3-4,6-8,10,12-13,15H,2,5,9,11H2,1H3,(H,18,23). The summed E-state index contributed by atoms with van der Waals surface area (Å²) in [5.74, 6) is 0.0153. The summed E-state index contributed by atoms with van der Waals surface area (Å²) in [7, 11) is 0. The molecule has 0 bridgehead atoms. The van der Waals surface area contributed by atoms with Crippen LogP contribution in [0, 0.1) is 0 Å². The molecule has 0 aliphatic rings. The second-order valence-corrected chi connectivity index (χ2v) is 5.48. The fraction of sp³-hybridized carbons (Fsp3) is 0.353. The van der Waals surface area contributed by atoms with Crippen molar-refractivity contribution < 1.29 is 4.79 Å². The number of aromatic nitrogens is 4. The van der Waals surface area contributed by atoms with Gasteiger partial charge in [0, 0.05) is 30.9 Å². The monoisotopic (exact) mass is 311 g/mol. The third kappa shape index (κ3) is 3.41. The molecule has 1 amide bonds. The van der Waals surface area contributed by atoms with Gasteiger partial charge < -0.3 is 5.32 Å². The number of benzene rings is 1. The minimum absolute atomic E-state index is 0.0153. The normalized spacial score (nSPS) is 12.4. The van der Waals surface area contributed by atoms with Gasteiger partial charge in [-0.1, -0.05) is 25.1 Å². The summed E-state index contributed by atoms with van der Waals surface area (Å²) in [6.07, 6.45) is 6.95. The first-order valence-electron chi connectivity index (χ1n) is 7.97. The van der Waals surface area contributed by atoms with Crippen molar-refractivity contribution in [3.63, 3.8) is 0 Å². The van der Waals surface area contributed by atoms with Gasteiger partial charge in [-0.25, -0.2) is 0 Å². The molecule has 1 atom stereocenters. The summed E-state index contributed by atoms with van der Waals surface area (Å²) >= 11 is 0. The van der Waals surface area contributed by atoms with Crippen LogP contribution in [0.3, 0.4) is 0 Å². The Balaban J connectivity index is 1.50. The maximum atomic E-state index is 12.3. The topological polar surface area (TPSA) is 64.7 Å². The molecule has 0 saturated carbocycles. The van der Waals surface area contributed by atoms with E-state index in [0.29, 0.717) is 6.54 Å². The first-order valence-corrected chi connectivity index (χ1v) is 7.97. The quantitative estimate of drug-likeness (QED) is 0.681. The van der Waals surface area contributed by atoms with E-state index < -0.39 is 0 Å². The molecule has 3 rings (SSSR count). The molecule has 0 aliphatic heterocycles. The van der Waals surface area contributed by atoms with Crippen LogP contribution in [0.1, 0.15) is 25.8 Å². The number of nitrogens with one attached hydrogen (secondary N) is 1. The van der Waals surface area contributed by atoms with Crippen LogP contribution in [0.15, 0.2) is 48.9 Å². The van der Waals surface area contributed by atoms with Crippen molar-refractivity contribution in [2.75, 3.05) is 6.54 Å². The van der Waals surface area contributed by atoms with Gasteiger partial charge in [0.05, 0.1) is 11.7 Å². The number of carbonyl (C=O) groups excluding carboxylic acids is 1. The highest BCUT2D eigenvalue weighted by Crippen LogP contribution is 2.13. The molecule has 2 heterocycles. The van der Waals surface area contributed by atoms with Crippen molar-refractivity contribution >= 4 is 16.8 Å². The summed E-state index contributed by atoms with van der Waals surface area (Å²) in [5, 5.41) is 12.7. The van der Waals surface area contributed by atoms with Gasteiger partial charge in [-0.15, -0.1) is 0 Å². The highest BCUT2D eigenvalue weighted by atomic mass is 16.2. The lowest BCUT2D eigenvalue weighted by Gasteiger charge is -2.15. The molecule has 3 aromatic rings. The Kier molecular flexibility index (Phi) is 4.71. The van der Waals surface area contributed by atoms with E-state index in [0.717, 1.165) is 30.3 Å². The Hall–Kier alpha value is -2.63. The van der Waals surface area contributed by atoms with Gasteiger partial charge >= 0.3 is 0 Å². The van der Waals surface area contributed by atoms with Gasteiger partial charge in [0.2, 0.25) is 5.91 Å². The minimum Gasteiger partial charge on any atom is -0.354 e. The smallest absolute Gasteiger partial charge is 0.244 e. The van der Waals surface area contributed by atoms with Gasteiger partial charge in [0.15, 0.2) is 0 Å². The summed E-state index contributed by atoms with van der Waals surface area (Å²) in [4.78, 5) is 12.3. The Labute approximate surface area is 135 Å². The third-order valence-corrected chi connectivity index (χ3v) is 3.93. The molecule has 6 nitrogen and oxygen atoms in total. The van der Waals surface area contributed by atoms with Crippen molar-refractivity contribution in [2.24, 2.45) is 0 Å². The zero-order chi connectivity index (χ0) is 16.1. The van der Waals surface area contributed by atoms with E-state index in [9.17, 15) is 4.79 Å². The van der Waals surface area contributed by atoms with E-state index in [1.165, 1.54) is 0 Å². The number of hydrogen-bond donors (Lipinski definition) is 1. The van der Waals surface area contributed by atoms with E-state index in [1.807, 2.05) is 42.2 Å². The van der Waals surface area contributed by atoms with Gasteiger partial charge in [-0.2, -0.15) is 10.2 Å². The number of fused-ring (bicyclic) bond motifs is 1. The summed E-state index contributed by atoms with van der Waals surface area (Å²) in [6.45, 7) is 3.40. The first-order chi connectivity index (χ1) is 11.3. The molecule has 0 fully saturated rings. The molecule has 1 aromatic carbocycles. The Morgan fingerprint density at radius 1 is 1.26 bits per heavy atom. The van der Waals surface area contributed by atoms with Crippen LogP contribution in [-0.4, -0.2) is 32.0 Å². The maximum Gasteiger partial charge on any atom is 0.244 e. The highest BCUT2D eigenvalue weighted by Gasteiger charge is 2.17. The third-order valence-electron chi connectivity index (χ3n) is 3.93. The zero-order valence-electron chi connectivity index (χ0n) is 13.2. The van der Waals surface area contributed by atoms with E-state index in [-0.39, 0.29) is 11.9 Å². The van der Waals surface area contributed by atoms with Gasteiger partial charge in [0.25, 0.3) is 0 Å². The van der Waals surface area contributed by atoms with Crippen molar-refractivity contribution in [1.29, 1.82) is 0 Å². The molecule has 1 N–H and O–H groups in total. The largest absolute Gasteiger partial charge is 0.354 e. The van der Waals surface area contributed by atoms with E-state index in [4.69, 9.17) is 0 Å². The summed E-state index contributed by atoms with van der Waals surface area (Å²) < 4.78 is 3.68. The molecular formula is C17H21N5O. The van der Waals surface area contributed by atoms with Crippen LogP contribution in [0.25, 0.3) is 10.9 Å². The molecule has 120 valence electrons. The van der Waals surface area contributed by atoms with Gasteiger partial charge in [0.1, 0.15) is 6.04 Å². The van der Waals surface area contributed by atoms with E-state index in [1.54, 1.807) is 10.9 Å². The number of para-hydroxylation sites is 1. The fourth-order valence-electron chi connectivity index (χ4n) is 2.72. The molecule has 0 radical (unpaired) electrons. The Morgan fingerprint density at radius 3 is 2.91 bits per heavy atom. The van der Waals surface area contributed by atoms with Crippen molar-refractivity contribution in [3.8, 4) is 0 Å². The molecule has 23 heavy (non-hydrogen) atoms. The molecular weight excluding hydrogens is 290 g/mol. The average Bonchev–Trinajstić information content (AvgIpc) is 3.22. The van der Waals surface area contributed by atoms with Crippen LogP contribution in [0.4, 0.5) is 0 Å². The Morgan fingerprint density at radius 2 is 2.13 bits per heavy atom. The van der Waals surface area contributed by atoms with Crippen molar-refractivity contribution in [1.82, 2.24) is 24.9 Å². The molecule has 0 saturated heterocycles. The maximum absolute atomic E-state index is 12.3. The number of hydrogen-bond acceptors (Lipinski definition) is 3. The Bertz CT molecular complexity index is 762. The fourth-order valence-corrected chi connectivity index (χ4v) is 2.72. The lowest BCUT2D eigenvalue weighted by atomic mass is 10.2. The number of carbonyl (C=O) groups is 1. The molecule has 2 aromatic heterocycles. The number of aryl methyl sites for hydroxylation is 1. The van der Waals surface area contributed by atoms with Crippen LogP contribution < -0.4 is 5.32 Å². The van der Waals surface area contributed by atoms with E-state index in [2.05, 4.69) is 27.6 Å². The predicted molar refractivity (Wildman–Crippen MR) is 88.9 cm³/mol. The number of rotatable bonds is 7. The van der Waals surface area contributed by atoms with Gasteiger partial charge in [-0.3, -0.25) is 14.2 Å². The average molecular weight is 311 g/mol. The van der Waals surface area contributed by atoms with Crippen molar-refractivity contribution in [2.45, 2.75) is 32.4 Å². The van der Waals surface area contributed by atoms with Gasteiger partial charge in [-0.05, 0) is 25.0 Å². The first kappa shape index (κ1) is 15.3. The van der Waals surface area contributed by atoms with Crippen molar-refractivity contribution in [3.05, 3.63) is 48.9 Å². The van der Waals surface area contributed by atoms with Crippen LogP contribution in [0.2, 0.25) is 0 Å². The van der Waals surface area contributed by atoms with Crippen LogP contribution >= 0.6 is 0 Å². The predicted octanol–water partition coefficient (Wildman–Crippen LogP) is 2.39. The number of nitrogens with zero attached hydrogens (tertiary/aromatic N) is 4. The molecule has 0 spiro atoms. The minimum atomic E-state index is -0.240. The second kappa shape index (κ2) is 7.09. The summed E-state index contributed by atoms with van der Waals surface area (Å²) in [5.41, 5.74) is 1.13. The molecule has 6 heteroatoms. The highest BCUT2D eigenvalue weighted by molar-refractivity contribution is 5.80. The SMILES string of the molecule is CCC(C(=O)NCCCn1ncc2ccccc21)n1cccn1. The lowest BCUT2D eigenvalue weighted by molar-refractivity contribution is -0.124. The lowest BCUT2D eigenvalue weighted by Crippen LogP contribution is -2.33.